The molecule has 4 heteroatoms. The molecule has 0 aliphatic heterocycles. The molecule has 4 nitrogen and oxygen atoms in total. The monoisotopic (exact) mass is 166 g/mol. The highest BCUT2D eigenvalue weighted by atomic mass is 16.5. The van der Waals surface area contributed by atoms with Gasteiger partial charge in [0, 0.05) is 5.69 Å². The van der Waals surface area contributed by atoms with E-state index in [1.54, 1.807) is 18.2 Å². The Morgan fingerprint density at radius 3 is 2.67 bits per heavy atom. The fourth-order valence-corrected chi connectivity index (χ4v) is 0.778. The van der Waals surface area contributed by atoms with Crippen LogP contribution in [0.25, 0.3) is 0 Å². The summed E-state index contributed by atoms with van der Waals surface area (Å²) < 4.78 is 4.93. The average Bonchev–Trinajstić information content (AvgIpc) is 2.03. The van der Waals surface area contributed by atoms with Gasteiger partial charge in [-0.3, -0.25) is 0 Å². The van der Waals surface area contributed by atoms with E-state index in [2.05, 4.69) is 0 Å². The summed E-state index contributed by atoms with van der Waals surface area (Å²) in [5, 5.41) is 8.30. The molecule has 0 unspecified atom stereocenters. The number of ether oxygens (including phenoxy) is 1. The number of rotatable bonds is 2. The van der Waals surface area contributed by atoms with Crippen LogP contribution in [0.1, 0.15) is 0 Å². The molecule has 1 aromatic carbocycles. The molecule has 0 aliphatic carbocycles. The van der Waals surface area contributed by atoms with E-state index in [9.17, 15) is 0 Å². The number of hydrogen-bond acceptors (Lipinski definition) is 4. The Labute approximate surface area is 70.1 Å². The van der Waals surface area contributed by atoms with Crippen molar-refractivity contribution in [2.75, 3.05) is 11.5 Å². The summed E-state index contributed by atoms with van der Waals surface area (Å²) in [5.41, 5.74) is 12.0. The third kappa shape index (κ3) is 1.82. The van der Waals surface area contributed by atoms with Gasteiger partial charge >= 0.3 is 0 Å². The largest absolute Gasteiger partial charge is 0.512 e. The average molecular weight is 166 g/mol. The fraction of sp³-hybridized carbons (Fsp3) is 0. The molecule has 0 radical (unpaired) electrons. The van der Waals surface area contributed by atoms with Crippen molar-refractivity contribution in [1.29, 1.82) is 0 Å². The van der Waals surface area contributed by atoms with Crippen LogP contribution < -0.4 is 16.2 Å². The van der Waals surface area contributed by atoms with Crippen LogP contribution in [-0.2, 0) is 0 Å². The van der Waals surface area contributed by atoms with E-state index < -0.39 is 0 Å². The molecule has 0 spiro atoms. The molecule has 1 rings (SSSR count). The second-order valence-corrected chi connectivity index (χ2v) is 2.20. The van der Waals surface area contributed by atoms with Gasteiger partial charge in [-0.1, -0.05) is 0 Å². The number of aliphatic hydroxyl groups excluding tert-OH is 1. The normalized spacial score (nSPS) is 10.3. The summed E-state index contributed by atoms with van der Waals surface area (Å²) in [6.07, 6.45) is 1.91. The molecule has 64 valence electrons. The van der Waals surface area contributed by atoms with Crippen LogP contribution in [-0.4, -0.2) is 5.11 Å². The molecule has 0 saturated heterocycles. The van der Waals surface area contributed by atoms with Gasteiger partial charge in [0.05, 0.1) is 5.69 Å². The van der Waals surface area contributed by atoms with Gasteiger partial charge in [-0.05, 0) is 18.2 Å². The van der Waals surface area contributed by atoms with Crippen LogP contribution in [0.2, 0.25) is 0 Å². The minimum atomic E-state index is 0.438. The Bertz CT molecular complexity index is 297. The lowest BCUT2D eigenvalue weighted by molar-refractivity contribution is 0.415. The van der Waals surface area contributed by atoms with Crippen LogP contribution in [0.5, 0.6) is 5.75 Å². The van der Waals surface area contributed by atoms with Crippen LogP contribution in [0.3, 0.4) is 0 Å². The van der Waals surface area contributed by atoms with Gasteiger partial charge in [0.1, 0.15) is 18.3 Å². The molecular formula is C8H10N2O2. The fourth-order valence-electron chi connectivity index (χ4n) is 0.778. The Morgan fingerprint density at radius 2 is 2.08 bits per heavy atom. The van der Waals surface area contributed by atoms with E-state index in [4.69, 9.17) is 21.3 Å². The van der Waals surface area contributed by atoms with Crippen molar-refractivity contribution in [2.24, 2.45) is 0 Å². The highest BCUT2D eigenvalue weighted by Crippen LogP contribution is 2.23. The van der Waals surface area contributed by atoms with Crippen molar-refractivity contribution in [3.63, 3.8) is 0 Å². The Hall–Kier alpha value is -1.84. The minimum Gasteiger partial charge on any atom is -0.512 e. The maximum absolute atomic E-state index is 8.30. The quantitative estimate of drug-likeness (QED) is 0.456. The smallest absolute Gasteiger partial charge is 0.149 e. The Kier molecular flexibility index (Phi) is 2.42. The summed E-state index contributed by atoms with van der Waals surface area (Å²) in [5.74, 6) is 0.467. The Morgan fingerprint density at radius 1 is 1.33 bits per heavy atom. The maximum Gasteiger partial charge on any atom is 0.149 e. The van der Waals surface area contributed by atoms with Gasteiger partial charge in [0.25, 0.3) is 0 Å². The summed E-state index contributed by atoms with van der Waals surface area (Å²) in [6.45, 7) is 0. The zero-order valence-electron chi connectivity index (χ0n) is 6.40. The molecule has 0 aromatic heterocycles. The van der Waals surface area contributed by atoms with Gasteiger partial charge in [0.15, 0.2) is 0 Å². The molecule has 0 bridgehead atoms. The zero-order valence-corrected chi connectivity index (χ0v) is 6.40. The lowest BCUT2D eigenvalue weighted by Gasteiger charge is -2.03. The van der Waals surface area contributed by atoms with Crippen molar-refractivity contribution in [3.05, 3.63) is 30.7 Å². The maximum atomic E-state index is 8.30. The Balaban J connectivity index is 2.86. The van der Waals surface area contributed by atoms with Gasteiger partial charge in [0.2, 0.25) is 0 Å². The van der Waals surface area contributed by atoms with Gasteiger partial charge in [-0.2, -0.15) is 0 Å². The molecule has 12 heavy (non-hydrogen) atoms. The molecular weight excluding hydrogens is 156 g/mol. The first-order valence-electron chi connectivity index (χ1n) is 3.35. The summed E-state index contributed by atoms with van der Waals surface area (Å²) in [4.78, 5) is 0. The van der Waals surface area contributed by atoms with Crippen LogP contribution in [0.4, 0.5) is 11.4 Å². The summed E-state index contributed by atoms with van der Waals surface area (Å²) >= 11 is 0. The first-order valence-corrected chi connectivity index (χ1v) is 3.35. The third-order valence-corrected chi connectivity index (χ3v) is 1.29. The van der Waals surface area contributed by atoms with Crippen molar-refractivity contribution < 1.29 is 9.84 Å². The number of aliphatic hydroxyl groups is 1. The minimum absolute atomic E-state index is 0.438. The predicted molar refractivity (Wildman–Crippen MR) is 47.7 cm³/mol. The van der Waals surface area contributed by atoms with Crippen molar-refractivity contribution in [1.82, 2.24) is 0 Å². The lowest BCUT2D eigenvalue weighted by Crippen LogP contribution is -1.93. The van der Waals surface area contributed by atoms with Crippen LogP contribution in [0, 0.1) is 0 Å². The highest BCUT2D eigenvalue weighted by molar-refractivity contribution is 5.60. The summed E-state index contributed by atoms with van der Waals surface area (Å²) in [7, 11) is 0. The molecule has 0 heterocycles. The summed E-state index contributed by atoms with van der Waals surface area (Å²) in [6, 6.07) is 4.88. The van der Waals surface area contributed by atoms with Crippen molar-refractivity contribution in [2.45, 2.75) is 0 Å². The van der Waals surface area contributed by atoms with Crippen LogP contribution >= 0.6 is 0 Å². The molecule has 5 N–H and O–H groups in total. The zero-order chi connectivity index (χ0) is 8.97. The van der Waals surface area contributed by atoms with E-state index in [0.717, 1.165) is 12.5 Å². The molecule has 0 atom stereocenters. The van der Waals surface area contributed by atoms with E-state index in [1.807, 2.05) is 0 Å². The standard InChI is InChI=1S/C8H10N2O2/c9-6-1-2-8(7(10)5-6)12-4-3-11/h1-5,11H,9-10H2/b4-3+. The van der Waals surface area contributed by atoms with Crippen molar-refractivity contribution >= 4 is 11.4 Å². The topological polar surface area (TPSA) is 81.5 Å². The first kappa shape index (κ1) is 8.26. The predicted octanol–water partition coefficient (Wildman–Crippen LogP) is 1.26. The number of nitrogens with two attached hydrogens (primary N) is 2. The van der Waals surface area contributed by atoms with Gasteiger partial charge < -0.3 is 21.3 Å². The van der Waals surface area contributed by atoms with E-state index >= 15 is 0 Å². The van der Waals surface area contributed by atoms with Gasteiger partial charge in [-0.25, -0.2) is 0 Å². The van der Waals surface area contributed by atoms with Crippen LogP contribution in [0.15, 0.2) is 30.7 Å². The highest BCUT2D eigenvalue weighted by Gasteiger charge is 1.97. The van der Waals surface area contributed by atoms with Crippen molar-refractivity contribution in [3.8, 4) is 5.75 Å². The van der Waals surface area contributed by atoms with E-state index in [0.29, 0.717) is 17.1 Å². The second-order valence-electron chi connectivity index (χ2n) is 2.20. The number of anilines is 2. The second kappa shape index (κ2) is 3.52. The molecule has 1 aromatic rings. The number of nitrogen functional groups attached to an aromatic ring is 2. The number of benzene rings is 1. The lowest BCUT2D eigenvalue weighted by atomic mass is 10.2. The molecule has 0 saturated carbocycles. The first-order chi connectivity index (χ1) is 5.74. The van der Waals surface area contributed by atoms with Gasteiger partial charge in [-0.15, -0.1) is 0 Å². The molecule has 0 aliphatic rings. The SMILES string of the molecule is Nc1ccc(O/C=C/O)c(N)c1. The van der Waals surface area contributed by atoms with E-state index in [-0.39, 0.29) is 0 Å². The van der Waals surface area contributed by atoms with E-state index in [1.165, 1.54) is 0 Å². The number of hydrogen-bond donors (Lipinski definition) is 3. The molecule has 0 amide bonds. The third-order valence-electron chi connectivity index (χ3n) is 1.29. The molecule has 0 fully saturated rings.